The second-order valence-electron chi connectivity index (χ2n) is 7.56. The van der Waals surface area contributed by atoms with Crippen molar-refractivity contribution in [2.45, 2.75) is 33.7 Å². The number of benzene rings is 2. The molecule has 1 unspecified atom stereocenters. The number of halogens is 1. The zero-order chi connectivity index (χ0) is 21.3. The fourth-order valence-electron chi connectivity index (χ4n) is 3.18. The SMILES string of the molecule is Cc1ccc(-n2c(=O)c3ccccc3n(C(C)C(=O)NCC(C)C)c2=O)cc1Cl. The summed E-state index contributed by atoms with van der Waals surface area (Å²) in [5.41, 5.74) is 0.595. The van der Waals surface area contributed by atoms with Crippen LogP contribution in [0.4, 0.5) is 0 Å². The van der Waals surface area contributed by atoms with Gasteiger partial charge in [-0.25, -0.2) is 9.36 Å². The van der Waals surface area contributed by atoms with E-state index in [1.54, 1.807) is 49.4 Å². The first-order chi connectivity index (χ1) is 13.7. The van der Waals surface area contributed by atoms with Crippen LogP contribution in [0.15, 0.2) is 52.1 Å². The van der Waals surface area contributed by atoms with Crippen molar-refractivity contribution in [2.24, 2.45) is 5.92 Å². The highest BCUT2D eigenvalue weighted by molar-refractivity contribution is 6.31. The molecule has 1 atom stereocenters. The predicted octanol–water partition coefficient (Wildman–Crippen LogP) is 3.45. The Hall–Kier alpha value is -2.86. The number of hydrogen-bond acceptors (Lipinski definition) is 3. The lowest BCUT2D eigenvalue weighted by atomic mass is 10.2. The minimum Gasteiger partial charge on any atom is -0.354 e. The van der Waals surface area contributed by atoms with Gasteiger partial charge in [0.25, 0.3) is 5.56 Å². The van der Waals surface area contributed by atoms with E-state index < -0.39 is 17.3 Å². The Bertz CT molecular complexity index is 1190. The molecule has 3 aromatic rings. The molecule has 0 saturated heterocycles. The zero-order valence-electron chi connectivity index (χ0n) is 16.9. The molecule has 0 aliphatic carbocycles. The summed E-state index contributed by atoms with van der Waals surface area (Å²) in [5, 5.41) is 3.66. The smallest absolute Gasteiger partial charge is 0.336 e. The van der Waals surface area contributed by atoms with Crippen molar-refractivity contribution in [2.75, 3.05) is 6.54 Å². The van der Waals surface area contributed by atoms with Gasteiger partial charge < -0.3 is 5.32 Å². The monoisotopic (exact) mass is 413 g/mol. The zero-order valence-corrected chi connectivity index (χ0v) is 17.7. The van der Waals surface area contributed by atoms with E-state index in [-0.39, 0.29) is 11.8 Å². The number of carbonyl (C=O) groups is 1. The van der Waals surface area contributed by atoms with Crippen LogP contribution >= 0.6 is 11.6 Å². The summed E-state index contributed by atoms with van der Waals surface area (Å²) in [6, 6.07) is 11.0. The van der Waals surface area contributed by atoms with E-state index in [2.05, 4.69) is 5.32 Å². The number of rotatable bonds is 5. The first-order valence-corrected chi connectivity index (χ1v) is 9.90. The van der Waals surface area contributed by atoms with Gasteiger partial charge in [-0.3, -0.25) is 14.2 Å². The van der Waals surface area contributed by atoms with Crippen LogP contribution in [0.25, 0.3) is 16.6 Å². The Morgan fingerprint density at radius 1 is 1.10 bits per heavy atom. The summed E-state index contributed by atoms with van der Waals surface area (Å²) in [7, 11) is 0. The topological polar surface area (TPSA) is 73.1 Å². The quantitative estimate of drug-likeness (QED) is 0.696. The average Bonchev–Trinajstić information content (AvgIpc) is 2.68. The number of aromatic nitrogens is 2. The summed E-state index contributed by atoms with van der Waals surface area (Å²) in [6.07, 6.45) is 0. The Morgan fingerprint density at radius 3 is 2.45 bits per heavy atom. The lowest BCUT2D eigenvalue weighted by Gasteiger charge is -2.20. The number of amides is 1. The van der Waals surface area contributed by atoms with Crippen molar-refractivity contribution in [3.63, 3.8) is 0 Å². The van der Waals surface area contributed by atoms with Crippen LogP contribution in [-0.4, -0.2) is 21.6 Å². The van der Waals surface area contributed by atoms with Gasteiger partial charge in [0, 0.05) is 11.6 Å². The van der Waals surface area contributed by atoms with Crippen LogP contribution in [0.2, 0.25) is 5.02 Å². The molecule has 1 N–H and O–H groups in total. The van der Waals surface area contributed by atoms with Crippen LogP contribution in [0.5, 0.6) is 0 Å². The number of para-hydroxylation sites is 1. The fraction of sp³-hybridized carbons (Fsp3) is 0.318. The molecule has 0 fully saturated rings. The number of hydrogen-bond donors (Lipinski definition) is 1. The van der Waals surface area contributed by atoms with Crippen LogP contribution < -0.4 is 16.6 Å². The predicted molar refractivity (Wildman–Crippen MR) is 116 cm³/mol. The van der Waals surface area contributed by atoms with Gasteiger partial charge in [0.15, 0.2) is 0 Å². The van der Waals surface area contributed by atoms with Gasteiger partial charge in [0.2, 0.25) is 5.91 Å². The molecule has 29 heavy (non-hydrogen) atoms. The molecule has 2 aromatic carbocycles. The highest BCUT2D eigenvalue weighted by Crippen LogP contribution is 2.19. The van der Waals surface area contributed by atoms with Gasteiger partial charge >= 0.3 is 5.69 Å². The van der Waals surface area contributed by atoms with Crippen molar-refractivity contribution in [3.8, 4) is 5.69 Å². The standard InChI is InChI=1S/C22H24ClN3O3/c1-13(2)12-24-20(27)15(4)25-19-8-6-5-7-17(19)21(28)26(22(25)29)16-10-9-14(3)18(23)11-16/h5-11,13,15H,12H2,1-4H3,(H,24,27). The number of fused-ring (bicyclic) bond motifs is 1. The van der Waals surface area contributed by atoms with Gasteiger partial charge in [0.05, 0.1) is 16.6 Å². The molecule has 3 rings (SSSR count). The normalized spacial score (nSPS) is 12.3. The minimum absolute atomic E-state index is 0.280. The van der Waals surface area contributed by atoms with Gasteiger partial charge in [-0.1, -0.05) is 43.6 Å². The van der Waals surface area contributed by atoms with Gasteiger partial charge in [-0.2, -0.15) is 0 Å². The van der Waals surface area contributed by atoms with Gasteiger partial charge in [-0.05, 0) is 49.6 Å². The van der Waals surface area contributed by atoms with Crippen molar-refractivity contribution in [3.05, 3.63) is 73.9 Å². The highest BCUT2D eigenvalue weighted by atomic mass is 35.5. The second-order valence-corrected chi connectivity index (χ2v) is 7.97. The summed E-state index contributed by atoms with van der Waals surface area (Å²) in [6.45, 7) is 7.99. The maximum Gasteiger partial charge on any atom is 0.336 e. The van der Waals surface area contributed by atoms with Crippen LogP contribution in [0.3, 0.4) is 0 Å². The number of carbonyl (C=O) groups excluding carboxylic acids is 1. The molecule has 0 aliphatic heterocycles. The largest absolute Gasteiger partial charge is 0.354 e. The third-order valence-corrected chi connectivity index (χ3v) is 5.27. The van der Waals surface area contributed by atoms with Crippen LogP contribution in [0, 0.1) is 12.8 Å². The first-order valence-electron chi connectivity index (χ1n) is 9.53. The lowest BCUT2D eigenvalue weighted by molar-refractivity contribution is -0.124. The molecule has 6 nitrogen and oxygen atoms in total. The molecular formula is C22H24ClN3O3. The third-order valence-electron chi connectivity index (χ3n) is 4.86. The van der Waals surface area contributed by atoms with Crippen molar-refractivity contribution < 1.29 is 4.79 Å². The summed E-state index contributed by atoms with van der Waals surface area (Å²) in [4.78, 5) is 39.2. The molecule has 7 heteroatoms. The number of nitrogens with one attached hydrogen (secondary N) is 1. The van der Waals surface area contributed by atoms with E-state index in [0.717, 1.165) is 10.1 Å². The first kappa shape index (κ1) is 20.9. The number of nitrogens with zero attached hydrogens (tertiary/aromatic N) is 2. The summed E-state index contributed by atoms with van der Waals surface area (Å²) >= 11 is 6.22. The molecule has 0 aliphatic rings. The van der Waals surface area contributed by atoms with Crippen LogP contribution in [0.1, 0.15) is 32.4 Å². The molecule has 0 radical (unpaired) electrons. The van der Waals surface area contributed by atoms with E-state index in [4.69, 9.17) is 11.6 Å². The van der Waals surface area contributed by atoms with E-state index >= 15 is 0 Å². The molecular weight excluding hydrogens is 390 g/mol. The second kappa shape index (κ2) is 8.25. The molecule has 0 spiro atoms. The van der Waals surface area contributed by atoms with E-state index in [1.165, 1.54) is 4.57 Å². The van der Waals surface area contributed by atoms with Crippen molar-refractivity contribution in [1.82, 2.24) is 14.5 Å². The maximum atomic E-state index is 13.4. The van der Waals surface area contributed by atoms with Gasteiger partial charge in [-0.15, -0.1) is 0 Å². The average molecular weight is 414 g/mol. The Balaban J connectivity index is 2.27. The van der Waals surface area contributed by atoms with Gasteiger partial charge in [0.1, 0.15) is 6.04 Å². The Morgan fingerprint density at radius 2 is 1.79 bits per heavy atom. The third kappa shape index (κ3) is 3.98. The van der Waals surface area contributed by atoms with Crippen molar-refractivity contribution >= 4 is 28.4 Å². The molecule has 1 amide bonds. The molecule has 0 saturated carbocycles. The fourth-order valence-corrected chi connectivity index (χ4v) is 3.35. The Kier molecular flexibility index (Phi) is 5.94. The maximum absolute atomic E-state index is 13.4. The number of aryl methyl sites for hydroxylation is 1. The summed E-state index contributed by atoms with van der Waals surface area (Å²) < 4.78 is 2.43. The van der Waals surface area contributed by atoms with Crippen LogP contribution in [-0.2, 0) is 4.79 Å². The van der Waals surface area contributed by atoms with E-state index in [0.29, 0.717) is 28.2 Å². The van der Waals surface area contributed by atoms with E-state index in [9.17, 15) is 14.4 Å². The molecule has 1 heterocycles. The minimum atomic E-state index is -0.793. The van der Waals surface area contributed by atoms with Crippen molar-refractivity contribution in [1.29, 1.82) is 0 Å². The summed E-state index contributed by atoms with van der Waals surface area (Å²) in [5.74, 6) is 0.00126. The molecule has 1 aromatic heterocycles. The van der Waals surface area contributed by atoms with E-state index in [1.807, 2.05) is 20.8 Å². The highest BCUT2D eigenvalue weighted by Gasteiger charge is 2.22. The Labute approximate surface area is 173 Å². The molecule has 152 valence electrons. The molecule has 0 bridgehead atoms. The lowest BCUT2D eigenvalue weighted by Crippen LogP contribution is -2.44.